The van der Waals surface area contributed by atoms with Gasteiger partial charge in [-0.25, -0.2) is 4.79 Å². The first-order valence-electron chi connectivity index (χ1n) is 3.79. The maximum atomic E-state index is 11.0. The van der Waals surface area contributed by atoms with E-state index in [1.54, 1.807) is 14.1 Å². The van der Waals surface area contributed by atoms with E-state index >= 15 is 0 Å². The number of nitrogens with one attached hydrogen (secondary N) is 1. The Kier molecular flexibility index (Phi) is 2.70. The lowest BCUT2D eigenvalue weighted by atomic mass is 10.3. The monoisotopic (exact) mass is 158 g/mol. The van der Waals surface area contributed by atoms with Crippen molar-refractivity contribution in [2.24, 2.45) is 0 Å². The van der Waals surface area contributed by atoms with Crippen LogP contribution in [-0.4, -0.2) is 44.3 Å². The first-order chi connectivity index (χ1) is 5.20. The normalized spacial score (nSPS) is 23.3. The molecule has 64 valence electrons. The average molecular weight is 158 g/mol. The number of carbonyl (C=O) groups excluding carboxylic acids is 1. The molecule has 1 fully saturated rings. The molecule has 0 aromatic carbocycles. The lowest BCUT2D eigenvalue weighted by molar-refractivity contribution is 0.0832. The minimum Gasteiger partial charge on any atom is -0.445 e. The number of carbonyl (C=O) groups is 1. The fourth-order valence-corrected chi connectivity index (χ4v) is 0.977. The maximum absolute atomic E-state index is 11.0. The molecule has 1 saturated heterocycles. The molecule has 0 bridgehead atoms. The summed E-state index contributed by atoms with van der Waals surface area (Å²) in [5.74, 6) is 0. The van der Waals surface area contributed by atoms with E-state index in [0.717, 1.165) is 19.5 Å². The summed E-state index contributed by atoms with van der Waals surface area (Å²) in [4.78, 5) is 12.4. The van der Waals surface area contributed by atoms with Crippen molar-refractivity contribution in [1.29, 1.82) is 0 Å². The lowest BCUT2D eigenvalue weighted by Crippen LogP contribution is -2.29. The van der Waals surface area contributed by atoms with Crippen LogP contribution < -0.4 is 5.32 Å². The Labute approximate surface area is 66.5 Å². The zero-order valence-electron chi connectivity index (χ0n) is 6.96. The molecule has 1 atom stereocenters. The van der Waals surface area contributed by atoms with Crippen LogP contribution in [0.5, 0.6) is 0 Å². The lowest BCUT2D eigenvalue weighted by Gasteiger charge is -2.14. The molecule has 4 heteroatoms. The number of ether oxygens (including phenoxy) is 1. The van der Waals surface area contributed by atoms with Crippen molar-refractivity contribution in [3.8, 4) is 0 Å². The van der Waals surface area contributed by atoms with Crippen LogP contribution in [0.15, 0.2) is 0 Å². The Morgan fingerprint density at radius 3 is 2.82 bits per heavy atom. The number of hydrogen-bond acceptors (Lipinski definition) is 3. The second-order valence-corrected chi connectivity index (χ2v) is 2.89. The quantitative estimate of drug-likeness (QED) is 0.586. The summed E-state index contributed by atoms with van der Waals surface area (Å²) >= 11 is 0. The van der Waals surface area contributed by atoms with Crippen LogP contribution in [0.1, 0.15) is 6.42 Å². The SMILES string of the molecule is CN(C)C(=O)O[C@H]1CCNC1. The number of rotatable bonds is 1. The molecule has 11 heavy (non-hydrogen) atoms. The molecule has 0 radical (unpaired) electrons. The zero-order chi connectivity index (χ0) is 8.27. The highest BCUT2D eigenvalue weighted by Gasteiger charge is 2.19. The number of nitrogens with zero attached hydrogens (tertiary/aromatic N) is 1. The molecule has 1 heterocycles. The highest BCUT2D eigenvalue weighted by atomic mass is 16.6. The van der Waals surface area contributed by atoms with E-state index < -0.39 is 0 Å². The zero-order valence-corrected chi connectivity index (χ0v) is 6.96. The average Bonchev–Trinajstić information content (AvgIpc) is 2.39. The number of hydrogen-bond donors (Lipinski definition) is 1. The molecular formula is C7H14N2O2. The van der Waals surface area contributed by atoms with Gasteiger partial charge in [0.05, 0.1) is 0 Å². The molecule has 0 aromatic rings. The van der Waals surface area contributed by atoms with Gasteiger partial charge in [0, 0.05) is 20.6 Å². The van der Waals surface area contributed by atoms with Crippen molar-refractivity contribution in [2.45, 2.75) is 12.5 Å². The Balaban J connectivity index is 2.24. The predicted octanol–water partition coefficient (Wildman–Crippen LogP) is 0.0465. The minimum absolute atomic E-state index is 0.0740. The van der Waals surface area contributed by atoms with E-state index in [0.29, 0.717) is 0 Å². The van der Waals surface area contributed by atoms with Crippen LogP contribution in [0.4, 0.5) is 4.79 Å². The summed E-state index contributed by atoms with van der Waals surface area (Å²) in [6.07, 6.45) is 0.753. The van der Waals surface area contributed by atoms with Gasteiger partial charge in [0.25, 0.3) is 0 Å². The van der Waals surface area contributed by atoms with Crippen molar-refractivity contribution in [1.82, 2.24) is 10.2 Å². The largest absolute Gasteiger partial charge is 0.445 e. The standard InChI is InChI=1S/C7H14N2O2/c1-9(2)7(10)11-6-3-4-8-5-6/h6,8H,3-5H2,1-2H3/t6-/m0/s1. The molecule has 1 N–H and O–H groups in total. The second-order valence-electron chi connectivity index (χ2n) is 2.89. The Hall–Kier alpha value is -0.770. The van der Waals surface area contributed by atoms with E-state index in [2.05, 4.69) is 5.32 Å². The summed E-state index contributed by atoms with van der Waals surface area (Å²) in [7, 11) is 3.37. The van der Waals surface area contributed by atoms with Gasteiger partial charge in [-0.05, 0) is 13.0 Å². The highest BCUT2D eigenvalue weighted by molar-refractivity contribution is 5.67. The summed E-state index contributed by atoms with van der Waals surface area (Å²) in [5.41, 5.74) is 0. The maximum Gasteiger partial charge on any atom is 0.409 e. The topological polar surface area (TPSA) is 41.6 Å². The number of amides is 1. The third-order valence-corrected chi connectivity index (χ3v) is 1.65. The highest BCUT2D eigenvalue weighted by Crippen LogP contribution is 2.04. The van der Waals surface area contributed by atoms with Crippen molar-refractivity contribution in [3.63, 3.8) is 0 Å². The van der Waals surface area contributed by atoms with E-state index in [-0.39, 0.29) is 12.2 Å². The molecule has 1 aliphatic heterocycles. The van der Waals surface area contributed by atoms with Gasteiger partial charge in [0.2, 0.25) is 0 Å². The van der Waals surface area contributed by atoms with Crippen LogP contribution in [0, 0.1) is 0 Å². The van der Waals surface area contributed by atoms with E-state index in [4.69, 9.17) is 4.74 Å². The second kappa shape index (κ2) is 3.57. The molecular weight excluding hydrogens is 144 g/mol. The summed E-state index contributed by atoms with van der Waals surface area (Å²) in [6, 6.07) is 0. The van der Waals surface area contributed by atoms with E-state index in [1.165, 1.54) is 4.90 Å². The molecule has 0 saturated carbocycles. The molecule has 1 amide bonds. The van der Waals surface area contributed by atoms with Gasteiger partial charge in [0.15, 0.2) is 0 Å². The first-order valence-corrected chi connectivity index (χ1v) is 3.79. The van der Waals surface area contributed by atoms with Crippen LogP contribution in [0.25, 0.3) is 0 Å². The fourth-order valence-electron chi connectivity index (χ4n) is 0.977. The molecule has 4 nitrogen and oxygen atoms in total. The fraction of sp³-hybridized carbons (Fsp3) is 0.857. The molecule has 0 aliphatic carbocycles. The molecule has 1 aliphatic rings. The van der Waals surface area contributed by atoms with Crippen molar-refractivity contribution >= 4 is 6.09 Å². The minimum atomic E-state index is -0.251. The van der Waals surface area contributed by atoms with Crippen LogP contribution in [0.2, 0.25) is 0 Å². The first kappa shape index (κ1) is 8.33. The van der Waals surface area contributed by atoms with Gasteiger partial charge in [-0.3, -0.25) is 0 Å². The van der Waals surface area contributed by atoms with Crippen LogP contribution in [-0.2, 0) is 4.74 Å². The van der Waals surface area contributed by atoms with Crippen molar-refractivity contribution < 1.29 is 9.53 Å². The molecule has 0 spiro atoms. The van der Waals surface area contributed by atoms with Gasteiger partial charge in [-0.2, -0.15) is 0 Å². The molecule has 0 aromatic heterocycles. The van der Waals surface area contributed by atoms with Crippen LogP contribution in [0.3, 0.4) is 0 Å². The van der Waals surface area contributed by atoms with Gasteiger partial charge < -0.3 is 15.0 Å². The summed E-state index contributed by atoms with van der Waals surface area (Å²) in [5, 5.41) is 3.12. The smallest absolute Gasteiger partial charge is 0.409 e. The molecule has 0 unspecified atom stereocenters. The molecule has 1 rings (SSSR count). The van der Waals surface area contributed by atoms with E-state index in [9.17, 15) is 4.79 Å². The van der Waals surface area contributed by atoms with Gasteiger partial charge in [-0.1, -0.05) is 0 Å². The third kappa shape index (κ3) is 2.38. The van der Waals surface area contributed by atoms with Crippen molar-refractivity contribution in [2.75, 3.05) is 27.2 Å². The van der Waals surface area contributed by atoms with Crippen LogP contribution >= 0.6 is 0 Å². The Morgan fingerprint density at radius 2 is 2.36 bits per heavy atom. The van der Waals surface area contributed by atoms with Crippen molar-refractivity contribution in [3.05, 3.63) is 0 Å². The predicted molar refractivity (Wildman–Crippen MR) is 41.4 cm³/mol. The van der Waals surface area contributed by atoms with Gasteiger partial charge >= 0.3 is 6.09 Å². The summed E-state index contributed by atoms with van der Waals surface area (Å²) < 4.78 is 5.10. The van der Waals surface area contributed by atoms with Gasteiger partial charge in [-0.15, -0.1) is 0 Å². The van der Waals surface area contributed by atoms with Gasteiger partial charge in [0.1, 0.15) is 6.10 Å². The summed E-state index contributed by atoms with van der Waals surface area (Å²) in [6.45, 7) is 1.74. The Bertz CT molecular complexity index is 141. The van der Waals surface area contributed by atoms with E-state index in [1.807, 2.05) is 0 Å². The third-order valence-electron chi connectivity index (χ3n) is 1.65. The Morgan fingerprint density at radius 1 is 1.64 bits per heavy atom.